The van der Waals surface area contributed by atoms with E-state index in [1.165, 1.54) is 9.13 Å². The second-order valence-corrected chi connectivity index (χ2v) is 8.70. The second kappa shape index (κ2) is 10.4. The Morgan fingerprint density at radius 3 is 2.61 bits per heavy atom. The molecule has 0 amide bonds. The highest BCUT2D eigenvalue weighted by molar-refractivity contribution is 5.75. The van der Waals surface area contributed by atoms with Crippen molar-refractivity contribution in [3.63, 3.8) is 0 Å². The Morgan fingerprint density at radius 2 is 1.84 bits per heavy atom. The highest BCUT2D eigenvalue weighted by Crippen LogP contribution is 2.24. The molecule has 0 aliphatic carbocycles. The molecule has 198 valence electrons. The second-order valence-electron chi connectivity index (χ2n) is 8.70. The topological polar surface area (TPSA) is 148 Å². The molecule has 0 aliphatic heterocycles. The third-order valence-corrected chi connectivity index (χ3v) is 5.99. The third kappa shape index (κ3) is 4.58. The molecule has 0 atom stereocenters. The van der Waals surface area contributed by atoms with Crippen LogP contribution in [-0.4, -0.2) is 46.1 Å². The van der Waals surface area contributed by atoms with Crippen molar-refractivity contribution >= 4 is 11.2 Å². The van der Waals surface area contributed by atoms with Crippen LogP contribution in [0.25, 0.3) is 34.1 Å². The Kier molecular flexibility index (Phi) is 6.81. The maximum atomic E-state index is 13.0. The van der Waals surface area contributed by atoms with E-state index in [0.717, 1.165) is 12.0 Å². The average molecular weight is 521 g/mol. The number of ether oxygens (including phenoxy) is 2. The van der Waals surface area contributed by atoms with Crippen LogP contribution in [-0.2, 0) is 26.7 Å². The molecule has 0 saturated heterocycles. The monoisotopic (exact) mass is 520 g/mol. The number of aromatic nitrogens is 8. The van der Waals surface area contributed by atoms with Crippen LogP contribution in [0.3, 0.4) is 0 Å². The zero-order valence-electron chi connectivity index (χ0n) is 21.6. The molecule has 0 fully saturated rings. The van der Waals surface area contributed by atoms with Gasteiger partial charge in [0, 0.05) is 31.8 Å². The van der Waals surface area contributed by atoms with Gasteiger partial charge in [0.2, 0.25) is 11.7 Å². The number of fused-ring (bicyclic) bond motifs is 1. The number of aryl methyl sites for hydroxylation is 2. The van der Waals surface area contributed by atoms with Crippen molar-refractivity contribution in [2.75, 3.05) is 7.11 Å². The smallest absolute Gasteiger partial charge is 0.332 e. The maximum Gasteiger partial charge on any atom is 0.332 e. The number of nitrogens with one attached hydrogen (secondary N) is 1. The van der Waals surface area contributed by atoms with Gasteiger partial charge >= 0.3 is 5.69 Å². The van der Waals surface area contributed by atoms with E-state index in [1.807, 2.05) is 32.0 Å². The fourth-order valence-corrected chi connectivity index (χ4v) is 4.19. The van der Waals surface area contributed by atoms with Crippen molar-refractivity contribution in [1.82, 2.24) is 39.0 Å². The standard InChI is InChI=1S/C25H28N8O5/c1-5-10-32-22-20(24(34)33(11-6-2)25(32)35)27-21(28-22)17-13-19(29-31(17)3)37-14-18-26-23(38-30-18)15-8-7-9-16(12-15)36-4/h7-9,12-13H,5-6,10-11,14H2,1-4H3,(H,27,28). The van der Waals surface area contributed by atoms with Crippen LogP contribution in [0.2, 0.25) is 0 Å². The Bertz CT molecular complexity index is 1710. The number of aromatic amines is 1. The van der Waals surface area contributed by atoms with Crippen LogP contribution < -0.4 is 20.7 Å². The van der Waals surface area contributed by atoms with Crippen molar-refractivity contribution in [3.05, 3.63) is 57.0 Å². The lowest BCUT2D eigenvalue weighted by molar-refractivity contribution is 0.274. The van der Waals surface area contributed by atoms with Gasteiger partial charge in [-0.05, 0) is 31.0 Å². The molecule has 0 bridgehead atoms. The quantitative estimate of drug-likeness (QED) is 0.293. The van der Waals surface area contributed by atoms with Crippen LogP contribution >= 0.6 is 0 Å². The first-order valence-electron chi connectivity index (χ1n) is 12.3. The minimum Gasteiger partial charge on any atom is -0.497 e. The molecule has 13 heteroatoms. The number of rotatable bonds is 10. The van der Waals surface area contributed by atoms with E-state index < -0.39 is 0 Å². The lowest BCUT2D eigenvalue weighted by Crippen LogP contribution is -2.40. The van der Waals surface area contributed by atoms with E-state index >= 15 is 0 Å². The number of nitrogens with zero attached hydrogens (tertiary/aromatic N) is 7. The van der Waals surface area contributed by atoms with Crippen LogP contribution in [0.15, 0.2) is 44.4 Å². The Labute approximate surface area is 216 Å². The first kappa shape index (κ1) is 25.0. The summed E-state index contributed by atoms with van der Waals surface area (Å²) in [6.45, 7) is 4.71. The van der Waals surface area contributed by atoms with Crippen LogP contribution in [0.4, 0.5) is 0 Å². The molecular formula is C25H28N8O5. The molecule has 13 nitrogen and oxygen atoms in total. The molecule has 4 aromatic heterocycles. The Hall–Kier alpha value is -4.68. The van der Waals surface area contributed by atoms with Gasteiger partial charge in [-0.2, -0.15) is 4.98 Å². The van der Waals surface area contributed by atoms with E-state index in [1.54, 1.807) is 31.0 Å². The summed E-state index contributed by atoms with van der Waals surface area (Å²) >= 11 is 0. The Morgan fingerprint density at radius 1 is 1.05 bits per heavy atom. The average Bonchev–Trinajstić information content (AvgIpc) is 3.66. The fraction of sp³-hybridized carbons (Fsp3) is 0.360. The molecule has 0 radical (unpaired) electrons. The van der Waals surface area contributed by atoms with Gasteiger partial charge in [0.05, 0.1) is 7.11 Å². The van der Waals surface area contributed by atoms with Crippen molar-refractivity contribution in [2.45, 2.75) is 46.4 Å². The lowest BCUT2D eigenvalue weighted by Gasteiger charge is -2.09. The summed E-state index contributed by atoms with van der Waals surface area (Å²) in [6.07, 6.45) is 1.39. The normalized spacial score (nSPS) is 11.4. The predicted octanol–water partition coefficient (Wildman–Crippen LogP) is 2.74. The van der Waals surface area contributed by atoms with Gasteiger partial charge in [-0.25, -0.2) is 9.78 Å². The van der Waals surface area contributed by atoms with E-state index in [-0.39, 0.29) is 23.4 Å². The van der Waals surface area contributed by atoms with Gasteiger partial charge in [0.1, 0.15) is 17.0 Å². The highest BCUT2D eigenvalue weighted by Gasteiger charge is 2.20. The molecule has 1 aromatic carbocycles. The molecule has 0 aliphatic rings. The summed E-state index contributed by atoms with van der Waals surface area (Å²) in [6, 6.07) is 8.99. The summed E-state index contributed by atoms with van der Waals surface area (Å²) in [4.78, 5) is 38.0. The summed E-state index contributed by atoms with van der Waals surface area (Å²) in [7, 11) is 3.32. The van der Waals surface area contributed by atoms with Crippen LogP contribution in [0.5, 0.6) is 11.6 Å². The maximum absolute atomic E-state index is 13.0. The van der Waals surface area contributed by atoms with Crippen molar-refractivity contribution in [1.29, 1.82) is 0 Å². The van der Waals surface area contributed by atoms with Crippen molar-refractivity contribution < 1.29 is 14.0 Å². The van der Waals surface area contributed by atoms with E-state index in [0.29, 0.717) is 60.0 Å². The highest BCUT2D eigenvalue weighted by atomic mass is 16.5. The van der Waals surface area contributed by atoms with Gasteiger partial charge in [-0.1, -0.05) is 25.1 Å². The van der Waals surface area contributed by atoms with Crippen molar-refractivity contribution in [2.24, 2.45) is 7.05 Å². The van der Waals surface area contributed by atoms with Crippen molar-refractivity contribution in [3.8, 4) is 34.6 Å². The summed E-state index contributed by atoms with van der Waals surface area (Å²) in [5, 5.41) is 8.36. The van der Waals surface area contributed by atoms with Gasteiger partial charge in [0.15, 0.2) is 18.1 Å². The number of hydrogen-bond donors (Lipinski definition) is 1. The number of H-pyrrole nitrogens is 1. The fourth-order valence-electron chi connectivity index (χ4n) is 4.19. The first-order chi connectivity index (χ1) is 18.4. The predicted molar refractivity (Wildman–Crippen MR) is 138 cm³/mol. The molecule has 5 aromatic rings. The summed E-state index contributed by atoms with van der Waals surface area (Å²) in [5.74, 6) is 2.09. The van der Waals surface area contributed by atoms with E-state index in [2.05, 4.69) is 25.2 Å². The molecule has 38 heavy (non-hydrogen) atoms. The third-order valence-electron chi connectivity index (χ3n) is 5.99. The van der Waals surface area contributed by atoms with Gasteiger partial charge < -0.3 is 19.0 Å². The molecule has 0 saturated carbocycles. The number of benzene rings is 1. The number of imidazole rings is 1. The summed E-state index contributed by atoms with van der Waals surface area (Å²) < 4.78 is 20.8. The van der Waals surface area contributed by atoms with Gasteiger partial charge in [-0.3, -0.25) is 18.6 Å². The van der Waals surface area contributed by atoms with Gasteiger partial charge in [-0.15, -0.1) is 5.10 Å². The molecule has 4 heterocycles. The zero-order chi connectivity index (χ0) is 26.8. The zero-order valence-corrected chi connectivity index (χ0v) is 21.6. The number of hydrogen-bond acceptors (Lipinski definition) is 9. The lowest BCUT2D eigenvalue weighted by atomic mass is 10.2. The molecule has 1 N–H and O–H groups in total. The minimum atomic E-state index is -0.388. The van der Waals surface area contributed by atoms with Crippen LogP contribution in [0.1, 0.15) is 32.5 Å². The number of methoxy groups -OCH3 is 1. The van der Waals surface area contributed by atoms with Crippen LogP contribution in [0, 0.1) is 0 Å². The molecule has 0 unspecified atom stereocenters. The van der Waals surface area contributed by atoms with E-state index in [9.17, 15) is 9.59 Å². The molecule has 0 spiro atoms. The largest absolute Gasteiger partial charge is 0.497 e. The summed E-state index contributed by atoms with van der Waals surface area (Å²) in [5.41, 5.74) is 1.17. The Balaban J connectivity index is 1.40. The first-order valence-corrected chi connectivity index (χ1v) is 12.3. The minimum absolute atomic E-state index is 0.0296. The molecular weight excluding hydrogens is 492 g/mol. The SMILES string of the molecule is CCCn1c(=O)c2[nH]c(-c3cc(OCc4noc(-c5cccc(OC)c5)n4)nn3C)nc2n(CCC)c1=O. The van der Waals surface area contributed by atoms with E-state index in [4.69, 9.17) is 14.0 Å². The molecule has 5 rings (SSSR count). The van der Waals surface area contributed by atoms with Gasteiger partial charge in [0.25, 0.3) is 11.4 Å².